The van der Waals surface area contributed by atoms with Gasteiger partial charge in [0.05, 0.1) is 0 Å². The average Bonchev–Trinajstić information content (AvgIpc) is 2.58. The molecule has 0 aromatic carbocycles. The molecule has 0 heterocycles. The normalized spacial score (nSPS) is 12.1. The van der Waals surface area contributed by atoms with Crippen molar-refractivity contribution in [2.45, 2.75) is 116 Å². The maximum absolute atomic E-state index is 11.3. The Bertz CT molecular complexity index is 334. The molecule has 5 nitrogen and oxygen atoms in total. The number of esters is 1. The van der Waals surface area contributed by atoms with Crippen molar-refractivity contribution in [3.63, 3.8) is 0 Å². The number of aliphatic hydroxyl groups excluding tert-OH is 1. The van der Waals surface area contributed by atoms with Crippen molar-refractivity contribution >= 4 is 11.9 Å². The first-order valence-corrected chi connectivity index (χ1v) is 10.2. The molecule has 0 aliphatic carbocycles. The number of rotatable bonds is 18. The van der Waals surface area contributed by atoms with E-state index >= 15 is 0 Å². The van der Waals surface area contributed by atoms with Crippen LogP contribution in [0.3, 0.4) is 0 Å². The Labute approximate surface area is 153 Å². The third kappa shape index (κ3) is 17.5. The summed E-state index contributed by atoms with van der Waals surface area (Å²) < 4.78 is 4.47. The van der Waals surface area contributed by atoms with Gasteiger partial charge in [-0.05, 0) is 6.42 Å². The van der Waals surface area contributed by atoms with Crippen molar-refractivity contribution in [1.29, 1.82) is 0 Å². The molecule has 1 amide bonds. The fourth-order valence-corrected chi connectivity index (χ4v) is 2.88. The maximum atomic E-state index is 11.3. The van der Waals surface area contributed by atoms with Crippen LogP contribution in [-0.4, -0.2) is 23.3 Å². The van der Waals surface area contributed by atoms with E-state index in [2.05, 4.69) is 11.7 Å². The van der Waals surface area contributed by atoms with Crippen LogP contribution in [0, 0.1) is 0 Å². The number of amides is 1. The van der Waals surface area contributed by atoms with Crippen LogP contribution in [0.5, 0.6) is 0 Å². The largest absolute Gasteiger partial charge is 0.426 e. The van der Waals surface area contributed by atoms with E-state index in [0.29, 0.717) is 0 Å². The van der Waals surface area contributed by atoms with Gasteiger partial charge in [-0.2, -0.15) is 0 Å². The van der Waals surface area contributed by atoms with Gasteiger partial charge in [0.25, 0.3) is 12.2 Å². The first-order chi connectivity index (χ1) is 12.1. The predicted molar refractivity (Wildman–Crippen MR) is 101 cm³/mol. The molecule has 1 unspecified atom stereocenters. The average molecular weight is 358 g/mol. The number of nitrogens with two attached hydrogens (primary N) is 1. The van der Waals surface area contributed by atoms with Gasteiger partial charge in [0.1, 0.15) is 0 Å². The minimum absolute atomic E-state index is 0.225. The zero-order chi connectivity index (χ0) is 18.8. The van der Waals surface area contributed by atoms with Gasteiger partial charge in [0, 0.05) is 6.42 Å². The van der Waals surface area contributed by atoms with E-state index in [1.165, 1.54) is 77.0 Å². The Morgan fingerprint density at radius 2 is 1.12 bits per heavy atom. The fourth-order valence-electron chi connectivity index (χ4n) is 2.88. The second kappa shape index (κ2) is 17.7. The van der Waals surface area contributed by atoms with E-state index in [0.717, 1.165) is 19.3 Å². The first-order valence-electron chi connectivity index (χ1n) is 10.2. The summed E-state index contributed by atoms with van der Waals surface area (Å²) in [5.41, 5.74) is 4.80. The van der Waals surface area contributed by atoms with Gasteiger partial charge >= 0.3 is 5.97 Å². The zero-order valence-electron chi connectivity index (χ0n) is 16.1. The van der Waals surface area contributed by atoms with Crippen molar-refractivity contribution in [2.24, 2.45) is 5.73 Å². The van der Waals surface area contributed by atoms with Gasteiger partial charge in [-0.15, -0.1) is 0 Å². The quantitative estimate of drug-likeness (QED) is 0.213. The zero-order valence-corrected chi connectivity index (χ0v) is 16.1. The molecule has 0 saturated carbocycles. The molecule has 0 radical (unpaired) electrons. The Hall–Kier alpha value is -1.10. The molecule has 0 bridgehead atoms. The van der Waals surface area contributed by atoms with Crippen LogP contribution < -0.4 is 5.73 Å². The first kappa shape index (κ1) is 23.9. The lowest BCUT2D eigenvalue weighted by Gasteiger charge is -2.08. The molecule has 3 N–H and O–H groups in total. The van der Waals surface area contributed by atoms with Crippen LogP contribution in [0.15, 0.2) is 0 Å². The highest BCUT2D eigenvalue weighted by Gasteiger charge is 2.15. The van der Waals surface area contributed by atoms with Crippen LogP contribution >= 0.6 is 0 Å². The summed E-state index contributed by atoms with van der Waals surface area (Å²) in [6, 6.07) is 0. The van der Waals surface area contributed by atoms with Crippen LogP contribution in [0.2, 0.25) is 0 Å². The van der Waals surface area contributed by atoms with Crippen molar-refractivity contribution in [2.75, 3.05) is 0 Å². The molecule has 5 heteroatoms. The van der Waals surface area contributed by atoms with Gasteiger partial charge in [0.2, 0.25) is 0 Å². The fraction of sp³-hybridized carbons (Fsp3) is 0.900. The third-order valence-corrected chi connectivity index (χ3v) is 4.47. The van der Waals surface area contributed by atoms with Crippen LogP contribution in [0.4, 0.5) is 0 Å². The van der Waals surface area contributed by atoms with Crippen molar-refractivity contribution < 1.29 is 19.4 Å². The number of hydrogen-bond acceptors (Lipinski definition) is 4. The molecule has 0 aromatic heterocycles. The van der Waals surface area contributed by atoms with E-state index < -0.39 is 18.2 Å². The molecule has 0 aliphatic heterocycles. The summed E-state index contributed by atoms with van der Waals surface area (Å²) in [5, 5.41) is 9.00. The van der Waals surface area contributed by atoms with Crippen molar-refractivity contribution in [3.05, 3.63) is 0 Å². The number of unbranched alkanes of at least 4 members (excludes halogenated alkanes) is 14. The number of primary amides is 1. The minimum Gasteiger partial charge on any atom is -0.426 e. The van der Waals surface area contributed by atoms with E-state index in [9.17, 15) is 9.59 Å². The molecular weight excluding hydrogens is 318 g/mol. The van der Waals surface area contributed by atoms with Crippen LogP contribution in [-0.2, 0) is 14.3 Å². The predicted octanol–water partition coefficient (Wildman–Crippen LogP) is 4.59. The number of aliphatic hydroxyl groups is 1. The lowest BCUT2D eigenvalue weighted by molar-refractivity contribution is -0.175. The second-order valence-corrected chi connectivity index (χ2v) is 6.94. The van der Waals surface area contributed by atoms with Crippen LogP contribution in [0.1, 0.15) is 110 Å². The summed E-state index contributed by atoms with van der Waals surface area (Å²) >= 11 is 0. The number of hydrogen-bond donors (Lipinski definition) is 2. The number of carbonyl (C=O) groups excluding carboxylic acids is 2. The highest BCUT2D eigenvalue weighted by atomic mass is 16.6. The topological polar surface area (TPSA) is 89.6 Å². The summed E-state index contributed by atoms with van der Waals surface area (Å²) in [7, 11) is 0. The van der Waals surface area contributed by atoms with Gasteiger partial charge in [-0.25, -0.2) is 0 Å². The molecule has 0 aromatic rings. The second-order valence-electron chi connectivity index (χ2n) is 6.94. The molecule has 0 aliphatic rings. The molecule has 1 atom stereocenters. The Morgan fingerprint density at radius 3 is 1.48 bits per heavy atom. The maximum Gasteiger partial charge on any atom is 0.308 e. The smallest absolute Gasteiger partial charge is 0.308 e. The standard InChI is InChI=1S/C20H39NO4/c1-2-3-4-5-6-7-8-9-10-11-12-13-14-15-16-17-18(22)25-20(24)19(21)23/h20,24H,2-17H2,1H3,(H2,21,23). The molecule has 148 valence electrons. The van der Waals surface area contributed by atoms with Gasteiger partial charge in [0.15, 0.2) is 0 Å². The summed E-state index contributed by atoms with van der Waals surface area (Å²) in [5.74, 6) is -1.61. The van der Waals surface area contributed by atoms with E-state index in [1.54, 1.807) is 0 Å². The molecular formula is C20H39NO4. The van der Waals surface area contributed by atoms with Crippen LogP contribution in [0.25, 0.3) is 0 Å². The SMILES string of the molecule is CCCCCCCCCCCCCCCCCC(=O)OC(O)C(N)=O. The monoisotopic (exact) mass is 357 g/mol. The molecule has 25 heavy (non-hydrogen) atoms. The highest BCUT2D eigenvalue weighted by Crippen LogP contribution is 2.13. The summed E-state index contributed by atoms with van der Waals surface area (Å²) in [4.78, 5) is 21.8. The lowest BCUT2D eigenvalue weighted by atomic mass is 10.0. The van der Waals surface area contributed by atoms with E-state index in [4.69, 9.17) is 10.8 Å². The molecule has 0 fully saturated rings. The molecule has 0 spiro atoms. The lowest BCUT2D eigenvalue weighted by Crippen LogP contribution is -2.32. The van der Waals surface area contributed by atoms with Gasteiger partial charge in [-0.1, -0.05) is 96.8 Å². The Kier molecular flexibility index (Phi) is 16.9. The van der Waals surface area contributed by atoms with Crippen molar-refractivity contribution in [3.8, 4) is 0 Å². The summed E-state index contributed by atoms with van der Waals surface area (Å²) in [6.07, 6.45) is 17.4. The van der Waals surface area contributed by atoms with E-state index in [-0.39, 0.29) is 6.42 Å². The number of carbonyl (C=O) groups is 2. The Morgan fingerprint density at radius 1 is 0.760 bits per heavy atom. The number of ether oxygens (including phenoxy) is 1. The minimum atomic E-state index is -1.82. The Balaban J connectivity index is 3.19. The highest BCUT2D eigenvalue weighted by molar-refractivity contribution is 5.80. The molecule has 0 saturated heterocycles. The third-order valence-electron chi connectivity index (χ3n) is 4.47. The van der Waals surface area contributed by atoms with Gasteiger partial charge < -0.3 is 15.6 Å². The van der Waals surface area contributed by atoms with E-state index in [1.807, 2.05) is 0 Å². The molecule has 0 rings (SSSR count). The van der Waals surface area contributed by atoms with Gasteiger partial charge in [-0.3, -0.25) is 9.59 Å². The van der Waals surface area contributed by atoms with Crippen molar-refractivity contribution in [1.82, 2.24) is 0 Å². The summed E-state index contributed by atoms with van der Waals surface area (Å²) in [6.45, 7) is 2.26.